The first-order valence-electron chi connectivity index (χ1n) is 7.82. The number of nitrogens with zero attached hydrogens (tertiary/aromatic N) is 1. The summed E-state index contributed by atoms with van der Waals surface area (Å²) in [6.07, 6.45) is 6.12. The van der Waals surface area contributed by atoms with Crippen LogP contribution in [0.5, 0.6) is 0 Å². The van der Waals surface area contributed by atoms with Crippen LogP contribution in [-0.4, -0.2) is 33.2 Å². The zero-order valence-corrected chi connectivity index (χ0v) is 15.0. The summed E-state index contributed by atoms with van der Waals surface area (Å²) in [6.45, 7) is 8.52. The van der Waals surface area contributed by atoms with Gasteiger partial charge in [0, 0.05) is 22.4 Å². The molecule has 0 atom stereocenters. The van der Waals surface area contributed by atoms with Crippen LogP contribution in [0.25, 0.3) is 0 Å². The van der Waals surface area contributed by atoms with E-state index in [-0.39, 0.29) is 27.1 Å². The second-order valence-corrected chi connectivity index (χ2v) is 9.33. The van der Waals surface area contributed by atoms with Gasteiger partial charge in [0.1, 0.15) is 0 Å². The molecule has 3 N–H and O–H groups in total. The molecule has 1 heterocycles. The molecule has 1 fully saturated rings. The average molecular weight is 335 g/mol. The molecule has 0 spiro atoms. The van der Waals surface area contributed by atoms with Gasteiger partial charge >= 0.3 is 0 Å². The van der Waals surface area contributed by atoms with Crippen LogP contribution in [-0.2, 0) is 9.59 Å². The van der Waals surface area contributed by atoms with Crippen molar-refractivity contribution in [3.8, 4) is 0 Å². The molecule has 0 unspecified atom stereocenters. The van der Waals surface area contributed by atoms with Crippen LogP contribution in [0.3, 0.4) is 0 Å². The second-order valence-electron chi connectivity index (χ2n) is 7.58. The van der Waals surface area contributed by atoms with E-state index in [1.165, 1.54) is 16.7 Å². The number of nitrogens with two attached hydrogens (primary N) is 1. The Morgan fingerprint density at radius 2 is 1.65 bits per heavy atom. The van der Waals surface area contributed by atoms with Gasteiger partial charge in [0.2, 0.25) is 0 Å². The Bertz CT molecular complexity index is 585. The van der Waals surface area contributed by atoms with Gasteiger partial charge in [-0.3, -0.25) is 19.9 Å². The largest absolute Gasteiger partial charge is 0.379 e. The van der Waals surface area contributed by atoms with Gasteiger partial charge in [-0.15, -0.1) is 0 Å². The minimum atomic E-state index is -0.258. The maximum atomic E-state index is 12.5. The van der Waals surface area contributed by atoms with Crippen LogP contribution >= 0.6 is 11.8 Å². The number of rotatable bonds is 5. The first-order chi connectivity index (χ1) is 10.5. The van der Waals surface area contributed by atoms with E-state index >= 15 is 0 Å². The molecule has 126 valence electrons. The van der Waals surface area contributed by atoms with Crippen LogP contribution in [0.2, 0.25) is 0 Å². The number of carbonyl (C=O) groups excluding carboxylic acids is 2. The summed E-state index contributed by atoms with van der Waals surface area (Å²) in [5.41, 5.74) is 6.37. The van der Waals surface area contributed by atoms with Crippen LogP contribution in [0, 0.1) is 10.8 Å². The molecule has 0 aromatic heterocycles. The number of thioether (sulfide) groups is 1. The molecule has 5 nitrogen and oxygen atoms in total. The van der Waals surface area contributed by atoms with Gasteiger partial charge in [-0.25, -0.2) is 0 Å². The third-order valence-electron chi connectivity index (χ3n) is 3.98. The van der Waals surface area contributed by atoms with Gasteiger partial charge in [-0.1, -0.05) is 51.6 Å². The van der Waals surface area contributed by atoms with E-state index in [0.29, 0.717) is 17.7 Å². The Balaban J connectivity index is 2.13. The predicted octanol–water partition coefficient (Wildman–Crippen LogP) is 2.82. The highest BCUT2D eigenvalue weighted by Gasteiger charge is 2.42. The van der Waals surface area contributed by atoms with Crippen molar-refractivity contribution in [1.82, 2.24) is 4.90 Å². The topological polar surface area (TPSA) is 87.2 Å². The lowest BCUT2D eigenvalue weighted by Gasteiger charge is -2.36. The first kappa shape index (κ1) is 17.8. The van der Waals surface area contributed by atoms with Crippen LogP contribution in [0.15, 0.2) is 23.3 Å². The lowest BCUT2D eigenvalue weighted by molar-refractivity contribution is -0.138. The van der Waals surface area contributed by atoms with E-state index in [2.05, 4.69) is 0 Å². The fourth-order valence-corrected chi connectivity index (χ4v) is 4.64. The molecule has 1 aliphatic carbocycles. The van der Waals surface area contributed by atoms with Crippen molar-refractivity contribution in [2.45, 2.75) is 51.7 Å². The third kappa shape index (κ3) is 4.05. The Hall–Kier alpha value is -1.56. The monoisotopic (exact) mass is 335 g/mol. The number of fused-ring (bicyclic) bond motifs is 1. The molecule has 0 saturated carbocycles. The smallest absolute Gasteiger partial charge is 0.261 e. The number of hydrogen-bond acceptors (Lipinski definition) is 4. The van der Waals surface area contributed by atoms with E-state index in [1.54, 1.807) is 0 Å². The number of carbonyl (C=O) groups is 2. The molecular weight excluding hydrogens is 310 g/mol. The van der Waals surface area contributed by atoms with E-state index in [1.807, 2.05) is 39.8 Å². The Labute approximate surface area is 141 Å². The molecular formula is C17H25N3O2S. The molecule has 2 rings (SSSR count). The van der Waals surface area contributed by atoms with Crippen molar-refractivity contribution < 1.29 is 9.59 Å². The second kappa shape index (κ2) is 6.15. The van der Waals surface area contributed by atoms with Crippen molar-refractivity contribution in [2.75, 3.05) is 6.54 Å². The lowest BCUT2D eigenvalue weighted by Crippen LogP contribution is -2.41. The summed E-state index contributed by atoms with van der Waals surface area (Å²) in [5, 5.41) is 7.55. The highest BCUT2D eigenvalue weighted by atomic mass is 32.2. The Morgan fingerprint density at radius 1 is 1.17 bits per heavy atom. The first-order valence-corrected chi connectivity index (χ1v) is 8.64. The molecule has 6 heteroatoms. The van der Waals surface area contributed by atoms with Crippen LogP contribution in [0.4, 0.5) is 0 Å². The highest BCUT2D eigenvalue weighted by molar-refractivity contribution is 8.14. The summed E-state index contributed by atoms with van der Waals surface area (Å²) < 4.78 is -0.230. The van der Waals surface area contributed by atoms with Gasteiger partial charge in [0.25, 0.3) is 11.8 Å². The van der Waals surface area contributed by atoms with E-state index < -0.39 is 0 Å². The normalized spacial score (nSPS) is 18.7. The van der Waals surface area contributed by atoms with Crippen LogP contribution < -0.4 is 5.73 Å². The lowest BCUT2D eigenvalue weighted by atomic mass is 9.83. The number of imide groups is 1. The van der Waals surface area contributed by atoms with Crippen molar-refractivity contribution in [3.05, 3.63) is 23.3 Å². The maximum Gasteiger partial charge on any atom is 0.261 e. The van der Waals surface area contributed by atoms with Gasteiger partial charge in [-0.05, 0) is 24.7 Å². The molecule has 0 bridgehead atoms. The van der Waals surface area contributed by atoms with E-state index in [9.17, 15) is 9.59 Å². The SMILES string of the molecule is CC(C)(CN1C(=O)C2=CCCC=C2C1=O)CC(C)(C)SC(=N)N. The third-order valence-corrected chi connectivity index (χ3v) is 4.90. The fourth-order valence-electron chi connectivity index (χ4n) is 3.58. The number of nitrogens with one attached hydrogen (secondary N) is 1. The summed E-state index contributed by atoms with van der Waals surface area (Å²) in [5.74, 6) is -0.350. The number of hydrogen-bond donors (Lipinski definition) is 2. The van der Waals surface area contributed by atoms with Gasteiger partial charge in [0.05, 0.1) is 0 Å². The maximum absolute atomic E-state index is 12.5. The summed E-state index contributed by atoms with van der Waals surface area (Å²) in [4.78, 5) is 26.4. The van der Waals surface area contributed by atoms with Crippen molar-refractivity contribution in [2.24, 2.45) is 11.1 Å². The van der Waals surface area contributed by atoms with Gasteiger partial charge < -0.3 is 5.73 Å². The molecule has 0 aromatic carbocycles. The molecule has 1 aliphatic heterocycles. The van der Waals surface area contributed by atoms with Crippen LogP contribution in [0.1, 0.15) is 47.0 Å². The summed E-state index contributed by atoms with van der Waals surface area (Å²) in [6, 6.07) is 0. The molecule has 23 heavy (non-hydrogen) atoms. The predicted molar refractivity (Wildman–Crippen MR) is 94.1 cm³/mol. The van der Waals surface area contributed by atoms with Crippen molar-refractivity contribution in [1.29, 1.82) is 5.41 Å². The minimum Gasteiger partial charge on any atom is -0.379 e. The Kier molecular flexibility index (Phi) is 4.76. The molecule has 1 saturated heterocycles. The fraction of sp³-hybridized carbons (Fsp3) is 0.588. The molecule has 0 aromatic rings. The number of likely N-dealkylation sites (tertiary alicyclic amines) is 1. The number of amidine groups is 1. The molecule has 2 amide bonds. The van der Waals surface area contributed by atoms with Gasteiger partial charge in [-0.2, -0.15) is 0 Å². The minimum absolute atomic E-state index is 0.0838. The quantitative estimate of drug-likeness (QED) is 0.459. The standard InChI is InChI=1S/C17H25N3O2S/c1-16(2,9-17(3,4)23-15(18)19)10-20-13(21)11-7-5-6-8-12(11)14(20)22/h7-8H,5-6,9-10H2,1-4H3,(H3,18,19). The van der Waals surface area contributed by atoms with Crippen molar-refractivity contribution >= 4 is 28.7 Å². The Morgan fingerprint density at radius 3 is 2.09 bits per heavy atom. The van der Waals surface area contributed by atoms with Crippen molar-refractivity contribution in [3.63, 3.8) is 0 Å². The molecule has 0 radical (unpaired) electrons. The number of allylic oxidation sites excluding steroid dienone is 2. The van der Waals surface area contributed by atoms with E-state index in [0.717, 1.165) is 19.3 Å². The average Bonchev–Trinajstić information content (AvgIpc) is 2.61. The highest BCUT2D eigenvalue weighted by Crippen LogP contribution is 2.39. The zero-order valence-electron chi connectivity index (χ0n) is 14.2. The van der Waals surface area contributed by atoms with E-state index in [4.69, 9.17) is 11.1 Å². The summed E-state index contributed by atoms with van der Waals surface area (Å²) in [7, 11) is 0. The number of amides is 2. The van der Waals surface area contributed by atoms with Gasteiger partial charge in [0.15, 0.2) is 5.17 Å². The molecule has 2 aliphatic rings. The zero-order chi connectivity index (χ0) is 17.4. The summed E-state index contributed by atoms with van der Waals surface area (Å²) >= 11 is 1.31.